The molecule has 0 saturated carbocycles. The zero-order valence-corrected chi connectivity index (χ0v) is 13.4. The Morgan fingerprint density at radius 1 is 1.18 bits per heavy atom. The number of rotatable bonds is 6. The van der Waals surface area contributed by atoms with Crippen LogP contribution in [-0.4, -0.2) is 17.4 Å². The molecule has 4 nitrogen and oxygen atoms in total. The third kappa shape index (κ3) is 4.40. The SMILES string of the molecule is Cc1cccc(C(C)C)c1NC(=O)CNCc1ccncc1. The molecule has 0 aliphatic carbocycles. The van der Waals surface area contributed by atoms with E-state index in [4.69, 9.17) is 0 Å². The molecule has 22 heavy (non-hydrogen) atoms. The van der Waals surface area contributed by atoms with Gasteiger partial charge in [0, 0.05) is 24.6 Å². The predicted molar refractivity (Wildman–Crippen MR) is 89.8 cm³/mol. The second kappa shape index (κ2) is 7.71. The van der Waals surface area contributed by atoms with Gasteiger partial charge in [0.05, 0.1) is 6.54 Å². The number of nitrogens with one attached hydrogen (secondary N) is 2. The topological polar surface area (TPSA) is 54.0 Å². The van der Waals surface area contributed by atoms with Crippen LogP contribution in [0, 0.1) is 6.92 Å². The monoisotopic (exact) mass is 297 g/mol. The first kappa shape index (κ1) is 16.2. The first-order valence-electron chi connectivity index (χ1n) is 7.57. The molecule has 0 aliphatic heterocycles. The van der Waals surface area contributed by atoms with Gasteiger partial charge in [-0.25, -0.2) is 0 Å². The van der Waals surface area contributed by atoms with Gasteiger partial charge in [0.1, 0.15) is 0 Å². The highest BCUT2D eigenvalue weighted by molar-refractivity contribution is 5.93. The van der Waals surface area contributed by atoms with Gasteiger partial charge in [-0.3, -0.25) is 9.78 Å². The normalized spacial score (nSPS) is 10.7. The van der Waals surface area contributed by atoms with Gasteiger partial charge in [-0.2, -0.15) is 0 Å². The van der Waals surface area contributed by atoms with Crippen LogP contribution in [0.4, 0.5) is 5.69 Å². The van der Waals surface area contributed by atoms with Crippen molar-refractivity contribution >= 4 is 11.6 Å². The lowest BCUT2D eigenvalue weighted by molar-refractivity contribution is -0.115. The molecular weight excluding hydrogens is 274 g/mol. The van der Waals surface area contributed by atoms with E-state index in [2.05, 4.69) is 35.5 Å². The fourth-order valence-corrected chi connectivity index (χ4v) is 2.35. The fraction of sp³-hybridized carbons (Fsp3) is 0.333. The Kier molecular flexibility index (Phi) is 5.67. The van der Waals surface area contributed by atoms with Gasteiger partial charge in [0.15, 0.2) is 0 Å². The van der Waals surface area contributed by atoms with E-state index in [1.54, 1.807) is 12.4 Å². The lowest BCUT2D eigenvalue weighted by Gasteiger charge is -2.16. The van der Waals surface area contributed by atoms with Crippen molar-refractivity contribution in [2.75, 3.05) is 11.9 Å². The van der Waals surface area contributed by atoms with Crippen LogP contribution in [0.1, 0.15) is 36.5 Å². The molecule has 2 aromatic rings. The van der Waals surface area contributed by atoms with E-state index < -0.39 is 0 Å². The number of para-hydroxylation sites is 1. The Morgan fingerprint density at radius 3 is 2.59 bits per heavy atom. The maximum Gasteiger partial charge on any atom is 0.238 e. The highest BCUT2D eigenvalue weighted by Gasteiger charge is 2.11. The molecule has 1 amide bonds. The quantitative estimate of drug-likeness (QED) is 0.860. The predicted octanol–water partition coefficient (Wildman–Crippen LogP) is 3.24. The largest absolute Gasteiger partial charge is 0.324 e. The Bertz CT molecular complexity index is 623. The summed E-state index contributed by atoms with van der Waals surface area (Å²) in [6.07, 6.45) is 3.50. The van der Waals surface area contributed by atoms with E-state index in [9.17, 15) is 4.79 Å². The first-order valence-corrected chi connectivity index (χ1v) is 7.57. The van der Waals surface area contributed by atoms with Gasteiger partial charge in [-0.1, -0.05) is 32.0 Å². The maximum absolute atomic E-state index is 12.1. The van der Waals surface area contributed by atoms with Crippen molar-refractivity contribution in [2.45, 2.75) is 33.2 Å². The third-order valence-corrected chi connectivity index (χ3v) is 3.56. The van der Waals surface area contributed by atoms with Gasteiger partial charge in [-0.05, 0) is 41.7 Å². The van der Waals surface area contributed by atoms with Crippen molar-refractivity contribution in [1.29, 1.82) is 0 Å². The minimum Gasteiger partial charge on any atom is -0.324 e. The number of hydrogen-bond acceptors (Lipinski definition) is 3. The Morgan fingerprint density at radius 2 is 1.91 bits per heavy atom. The number of anilines is 1. The zero-order chi connectivity index (χ0) is 15.9. The Balaban J connectivity index is 1.92. The molecule has 0 radical (unpaired) electrons. The van der Waals surface area contributed by atoms with Crippen LogP contribution in [0.5, 0.6) is 0 Å². The van der Waals surface area contributed by atoms with Crippen LogP contribution in [0.2, 0.25) is 0 Å². The highest BCUT2D eigenvalue weighted by Crippen LogP contribution is 2.27. The molecule has 2 N–H and O–H groups in total. The summed E-state index contributed by atoms with van der Waals surface area (Å²) in [4.78, 5) is 16.1. The van der Waals surface area contributed by atoms with Crippen LogP contribution in [0.15, 0.2) is 42.7 Å². The summed E-state index contributed by atoms with van der Waals surface area (Å²) in [6.45, 7) is 7.22. The van der Waals surface area contributed by atoms with E-state index in [0.29, 0.717) is 12.5 Å². The van der Waals surface area contributed by atoms with Crippen molar-refractivity contribution in [3.63, 3.8) is 0 Å². The van der Waals surface area contributed by atoms with Crippen LogP contribution in [-0.2, 0) is 11.3 Å². The summed E-state index contributed by atoms with van der Waals surface area (Å²) in [5, 5.41) is 6.18. The average Bonchev–Trinajstić information content (AvgIpc) is 2.50. The molecule has 116 valence electrons. The smallest absolute Gasteiger partial charge is 0.238 e. The molecular formula is C18H23N3O. The van der Waals surface area contributed by atoms with Crippen molar-refractivity contribution in [1.82, 2.24) is 10.3 Å². The van der Waals surface area contributed by atoms with E-state index in [1.165, 1.54) is 5.56 Å². The summed E-state index contributed by atoms with van der Waals surface area (Å²) in [5.74, 6) is 0.352. The van der Waals surface area contributed by atoms with Crippen LogP contribution in [0.25, 0.3) is 0 Å². The van der Waals surface area contributed by atoms with Gasteiger partial charge >= 0.3 is 0 Å². The van der Waals surface area contributed by atoms with Gasteiger partial charge < -0.3 is 10.6 Å². The van der Waals surface area contributed by atoms with Crippen molar-refractivity contribution in [2.24, 2.45) is 0 Å². The Labute approximate surface area is 132 Å². The van der Waals surface area contributed by atoms with Gasteiger partial charge in [0.2, 0.25) is 5.91 Å². The number of nitrogens with zero attached hydrogens (tertiary/aromatic N) is 1. The van der Waals surface area contributed by atoms with Crippen LogP contribution < -0.4 is 10.6 Å². The van der Waals surface area contributed by atoms with Crippen molar-refractivity contribution < 1.29 is 4.79 Å². The van der Waals surface area contributed by atoms with Gasteiger partial charge in [0.25, 0.3) is 0 Å². The summed E-state index contributed by atoms with van der Waals surface area (Å²) < 4.78 is 0. The van der Waals surface area contributed by atoms with Crippen molar-refractivity contribution in [3.05, 3.63) is 59.4 Å². The molecule has 1 aromatic heterocycles. The van der Waals surface area contributed by atoms with Crippen LogP contribution >= 0.6 is 0 Å². The highest BCUT2D eigenvalue weighted by atomic mass is 16.1. The van der Waals surface area contributed by atoms with E-state index >= 15 is 0 Å². The molecule has 0 atom stereocenters. The molecule has 1 aromatic carbocycles. The van der Waals surface area contributed by atoms with E-state index in [1.807, 2.05) is 31.2 Å². The summed E-state index contributed by atoms with van der Waals surface area (Å²) in [5.41, 5.74) is 4.31. The minimum absolute atomic E-state index is 0.0229. The number of carbonyl (C=O) groups excluding carboxylic acids is 1. The van der Waals surface area contributed by atoms with Gasteiger partial charge in [-0.15, -0.1) is 0 Å². The van der Waals surface area contributed by atoms with Crippen LogP contribution in [0.3, 0.4) is 0 Å². The molecule has 0 bridgehead atoms. The molecule has 1 heterocycles. The molecule has 4 heteroatoms. The standard InChI is InChI=1S/C18H23N3O/c1-13(2)16-6-4-5-14(3)18(16)21-17(22)12-20-11-15-7-9-19-10-8-15/h4-10,13,20H,11-12H2,1-3H3,(H,21,22). The number of carbonyl (C=O) groups is 1. The lowest BCUT2D eigenvalue weighted by atomic mass is 9.98. The summed E-state index contributed by atoms with van der Waals surface area (Å²) in [7, 11) is 0. The second-order valence-electron chi connectivity index (χ2n) is 5.70. The van der Waals surface area contributed by atoms with Crippen molar-refractivity contribution in [3.8, 4) is 0 Å². The number of aryl methyl sites for hydroxylation is 1. The molecule has 0 aliphatic rings. The average molecular weight is 297 g/mol. The molecule has 0 spiro atoms. The number of pyridine rings is 1. The number of hydrogen-bond donors (Lipinski definition) is 2. The number of aromatic nitrogens is 1. The zero-order valence-electron chi connectivity index (χ0n) is 13.4. The fourth-order valence-electron chi connectivity index (χ4n) is 2.35. The Hall–Kier alpha value is -2.20. The molecule has 0 saturated heterocycles. The third-order valence-electron chi connectivity index (χ3n) is 3.56. The number of amides is 1. The summed E-state index contributed by atoms with van der Waals surface area (Å²) in [6, 6.07) is 9.98. The molecule has 0 unspecified atom stereocenters. The number of benzene rings is 1. The first-order chi connectivity index (χ1) is 10.6. The lowest BCUT2D eigenvalue weighted by Crippen LogP contribution is -2.28. The molecule has 0 fully saturated rings. The van der Waals surface area contributed by atoms with E-state index in [-0.39, 0.29) is 12.5 Å². The molecule has 2 rings (SSSR count). The van der Waals surface area contributed by atoms with E-state index in [0.717, 1.165) is 16.8 Å². The minimum atomic E-state index is -0.0229. The maximum atomic E-state index is 12.1. The summed E-state index contributed by atoms with van der Waals surface area (Å²) >= 11 is 0. The second-order valence-corrected chi connectivity index (χ2v) is 5.70.